The summed E-state index contributed by atoms with van der Waals surface area (Å²) in [6.07, 6.45) is 4.58. The lowest BCUT2D eigenvalue weighted by Gasteiger charge is -2.52. The lowest BCUT2D eigenvalue weighted by molar-refractivity contribution is -0.0276. The first-order valence-corrected chi connectivity index (χ1v) is 7.78. The zero-order valence-corrected chi connectivity index (χ0v) is 12.8. The summed E-state index contributed by atoms with van der Waals surface area (Å²) in [4.78, 5) is 2.48. The number of nitriles is 1. The van der Waals surface area contributed by atoms with Crippen LogP contribution in [0.1, 0.15) is 32.6 Å². The lowest BCUT2D eigenvalue weighted by atomic mass is 9.77. The van der Waals surface area contributed by atoms with Crippen LogP contribution in [0.15, 0.2) is 21.7 Å². The highest BCUT2D eigenvalue weighted by molar-refractivity contribution is 7.84. The maximum atomic E-state index is 9.35. The summed E-state index contributed by atoms with van der Waals surface area (Å²) in [6, 6.07) is 2.30. The molecular formula is C15H21N3OS. The average molecular weight is 291 g/mol. The molecule has 2 heterocycles. The molecule has 0 bridgehead atoms. The smallest absolute Gasteiger partial charge is 0.114 e. The minimum Gasteiger partial charge on any atom is -0.379 e. The fourth-order valence-corrected chi connectivity index (χ4v) is 4.18. The van der Waals surface area contributed by atoms with E-state index in [-0.39, 0.29) is 5.66 Å². The normalized spacial score (nSPS) is 31.6. The molecule has 20 heavy (non-hydrogen) atoms. The molecule has 0 aromatic rings. The van der Waals surface area contributed by atoms with Crippen molar-refractivity contribution >= 4 is 12.6 Å². The molecule has 2 aliphatic heterocycles. The Bertz CT molecular complexity index is 514. The van der Waals surface area contributed by atoms with Crippen molar-refractivity contribution in [2.45, 2.75) is 38.3 Å². The molecule has 1 atom stereocenters. The highest BCUT2D eigenvalue weighted by Gasteiger charge is 2.46. The van der Waals surface area contributed by atoms with Crippen molar-refractivity contribution in [1.29, 1.82) is 5.26 Å². The predicted octanol–water partition coefficient (Wildman–Crippen LogP) is 2.17. The quantitative estimate of drug-likeness (QED) is 0.727. The number of nitrogens with one attached hydrogen (secondary N) is 1. The fourth-order valence-electron chi connectivity index (χ4n) is 3.77. The Morgan fingerprint density at radius 1 is 1.35 bits per heavy atom. The highest BCUT2D eigenvalue weighted by atomic mass is 32.1. The number of fused-ring (bicyclic) bond motifs is 1. The number of ether oxygens (including phenoxy) is 1. The van der Waals surface area contributed by atoms with Crippen molar-refractivity contribution < 1.29 is 4.74 Å². The van der Waals surface area contributed by atoms with Crippen molar-refractivity contribution in [2.75, 3.05) is 26.3 Å². The first-order chi connectivity index (χ1) is 9.69. The molecule has 1 saturated carbocycles. The zero-order valence-electron chi connectivity index (χ0n) is 11.9. The van der Waals surface area contributed by atoms with Gasteiger partial charge in [-0.25, -0.2) is 0 Å². The van der Waals surface area contributed by atoms with Crippen molar-refractivity contribution in [1.82, 2.24) is 10.2 Å². The van der Waals surface area contributed by atoms with Gasteiger partial charge in [0.15, 0.2) is 0 Å². The van der Waals surface area contributed by atoms with Crippen LogP contribution in [-0.4, -0.2) is 36.9 Å². The zero-order chi connectivity index (χ0) is 14.2. The van der Waals surface area contributed by atoms with Gasteiger partial charge in [0.2, 0.25) is 0 Å². The van der Waals surface area contributed by atoms with Gasteiger partial charge in [-0.1, -0.05) is 0 Å². The van der Waals surface area contributed by atoms with Crippen LogP contribution in [0.2, 0.25) is 0 Å². The molecule has 2 fully saturated rings. The van der Waals surface area contributed by atoms with Crippen LogP contribution in [0.25, 0.3) is 0 Å². The van der Waals surface area contributed by atoms with E-state index < -0.39 is 0 Å². The number of hydrogen-bond acceptors (Lipinski definition) is 5. The second-order valence-corrected chi connectivity index (χ2v) is 6.18. The summed E-state index contributed by atoms with van der Waals surface area (Å²) in [5, 5.41) is 13.6. The largest absolute Gasteiger partial charge is 0.379 e. The molecule has 5 heteroatoms. The molecular weight excluding hydrogens is 270 g/mol. The molecule has 3 aliphatic rings. The summed E-state index contributed by atoms with van der Waals surface area (Å²) in [7, 11) is 0. The molecule has 1 N–H and O–H groups in total. The Hall–Kier alpha value is -0.960. The Kier molecular flexibility index (Phi) is 3.80. The van der Waals surface area contributed by atoms with E-state index in [0.29, 0.717) is 5.57 Å². The van der Waals surface area contributed by atoms with Crippen molar-refractivity contribution in [3.63, 3.8) is 0 Å². The maximum absolute atomic E-state index is 9.35. The van der Waals surface area contributed by atoms with E-state index >= 15 is 0 Å². The Morgan fingerprint density at radius 3 is 2.80 bits per heavy atom. The van der Waals surface area contributed by atoms with E-state index in [4.69, 9.17) is 4.74 Å². The topological polar surface area (TPSA) is 48.3 Å². The molecule has 108 valence electrons. The second-order valence-electron chi connectivity index (χ2n) is 5.73. The van der Waals surface area contributed by atoms with Gasteiger partial charge in [0, 0.05) is 13.1 Å². The lowest BCUT2D eigenvalue weighted by Crippen LogP contribution is -2.64. The third kappa shape index (κ3) is 2.07. The average Bonchev–Trinajstić information content (AvgIpc) is 2.48. The van der Waals surface area contributed by atoms with Crippen molar-refractivity contribution in [3.05, 3.63) is 21.7 Å². The summed E-state index contributed by atoms with van der Waals surface area (Å²) in [5.74, 6) is 0. The number of morpholine rings is 1. The van der Waals surface area contributed by atoms with Crippen LogP contribution < -0.4 is 5.32 Å². The van der Waals surface area contributed by atoms with Crippen LogP contribution >= 0.6 is 12.6 Å². The van der Waals surface area contributed by atoms with Gasteiger partial charge >= 0.3 is 0 Å². The van der Waals surface area contributed by atoms with Gasteiger partial charge in [-0.3, -0.25) is 4.90 Å². The van der Waals surface area contributed by atoms with Gasteiger partial charge in [0.05, 0.1) is 23.8 Å². The van der Waals surface area contributed by atoms with E-state index in [1.807, 2.05) is 0 Å². The number of allylic oxidation sites excluding steroid dienone is 2. The third-order valence-corrected chi connectivity index (χ3v) is 5.10. The monoisotopic (exact) mass is 291 g/mol. The van der Waals surface area contributed by atoms with Crippen molar-refractivity contribution in [3.8, 4) is 6.07 Å². The standard InChI is InChI=1S/C15H21N3OS/c1-11-12(10-16)14(20)17-15(5-3-2-4-13(11)15)18-6-8-19-9-7-18/h17,20H,2-9H2,1H3. The SMILES string of the molecule is CC1=C2CCCCC2(N2CCOCC2)NC(S)=C1C#N. The second kappa shape index (κ2) is 5.44. The van der Waals surface area contributed by atoms with Crippen molar-refractivity contribution in [2.24, 2.45) is 0 Å². The summed E-state index contributed by atoms with van der Waals surface area (Å²) in [5.41, 5.74) is 3.08. The Balaban J connectivity index is 2.04. The van der Waals surface area contributed by atoms with Crippen LogP contribution in [0.4, 0.5) is 0 Å². The summed E-state index contributed by atoms with van der Waals surface area (Å²) in [6.45, 7) is 5.52. The fraction of sp³-hybridized carbons (Fsp3) is 0.667. The molecule has 3 rings (SSSR count). The molecule has 0 aromatic carbocycles. The van der Waals surface area contributed by atoms with Crippen LogP contribution in [-0.2, 0) is 4.74 Å². The molecule has 0 spiro atoms. The first-order valence-electron chi connectivity index (χ1n) is 7.34. The number of rotatable bonds is 1. The van der Waals surface area contributed by atoms with E-state index in [0.717, 1.165) is 49.7 Å². The summed E-state index contributed by atoms with van der Waals surface area (Å²) >= 11 is 4.54. The van der Waals surface area contributed by atoms with E-state index in [2.05, 4.69) is 35.8 Å². The number of dihydropyridines is 1. The van der Waals surface area contributed by atoms with Gasteiger partial charge in [0.25, 0.3) is 0 Å². The van der Waals surface area contributed by atoms with E-state index in [9.17, 15) is 5.26 Å². The molecule has 0 aromatic heterocycles. The molecule has 0 amide bonds. The van der Waals surface area contributed by atoms with Gasteiger partial charge in [-0.05, 0) is 43.8 Å². The molecule has 1 aliphatic carbocycles. The number of hydrogen-bond donors (Lipinski definition) is 2. The minimum atomic E-state index is -0.135. The van der Waals surface area contributed by atoms with E-state index in [1.54, 1.807) is 0 Å². The Labute approximate surface area is 125 Å². The van der Waals surface area contributed by atoms with E-state index in [1.165, 1.54) is 18.4 Å². The molecule has 4 nitrogen and oxygen atoms in total. The highest BCUT2D eigenvalue weighted by Crippen LogP contribution is 2.44. The van der Waals surface area contributed by atoms with Gasteiger partial charge < -0.3 is 10.1 Å². The minimum absolute atomic E-state index is 0.135. The van der Waals surface area contributed by atoms with Gasteiger partial charge in [-0.2, -0.15) is 5.26 Å². The maximum Gasteiger partial charge on any atom is 0.114 e. The molecule has 1 saturated heterocycles. The predicted molar refractivity (Wildman–Crippen MR) is 81.1 cm³/mol. The third-order valence-electron chi connectivity index (χ3n) is 4.77. The number of thiol groups is 1. The molecule has 1 unspecified atom stereocenters. The first kappa shape index (κ1) is 14.0. The van der Waals surface area contributed by atoms with Crippen LogP contribution in [0.5, 0.6) is 0 Å². The molecule has 0 radical (unpaired) electrons. The van der Waals surface area contributed by atoms with Gasteiger partial charge in [-0.15, -0.1) is 12.6 Å². The summed E-state index contributed by atoms with van der Waals surface area (Å²) < 4.78 is 5.49. The van der Waals surface area contributed by atoms with Crippen LogP contribution in [0.3, 0.4) is 0 Å². The van der Waals surface area contributed by atoms with Gasteiger partial charge in [0.1, 0.15) is 11.7 Å². The Morgan fingerprint density at radius 2 is 2.10 bits per heavy atom. The van der Waals surface area contributed by atoms with Crippen LogP contribution in [0, 0.1) is 11.3 Å². The number of nitrogens with zero attached hydrogens (tertiary/aromatic N) is 2.